The van der Waals surface area contributed by atoms with Gasteiger partial charge in [-0.25, -0.2) is 4.79 Å². The van der Waals surface area contributed by atoms with E-state index in [1.54, 1.807) is 12.1 Å². The molecule has 0 aliphatic rings. The van der Waals surface area contributed by atoms with Crippen molar-refractivity contribution in [3.8, 4) is 0 Å². The maximum Gasteiger partial charge on any atom is 0.328 e. The number of aliphatic carboxylic acids is 1. The maximum absolute atomic E-state index is 10.8. The van der Waals surface area contributed by atoms with Gasteiger partial charge in [-0.15, -0.1) is 0 Å². The fourth-order valence-electron chi connectivity index (χ4n) is 2.19. The summed E-state index contributed by atoms with van der Waals surface area (Å²) in [7, 11) is 0. The lowest BCUT2D eigenvalue weighted by Gasteiger charge is -2.32. The number of hydrogen-bond acceptors (Lipinski definition) is 2. The van der Waals surface area contributed by atoms with Gasteiger partial charge in [0.25, 0.3) is 0 Å². The summed E-state index contributed by atoms with van der Waals surface area (Å²) in [6, 6.07) is 5.97. The third kappa shape index (κ3) is 5.43. The Morgan fingerprint density at radius 1 is 1.43 bits per heavy atom. The molecule has 1 N–H and O–H groups in total. The Morgan fingerprint density at radius 3 is 2.71 bits per heavy atom. The van der Waals surface area contributed by atoms with E-state index in [2.05, 4.69) is 25.7 Å². The molecule has 0 amide bonds. The van der Waals surface area contributed by atoms with Crippen LogP contribution in [0.15, 0.2) is 24.3 Å². The first-order chi connectivity index (χ1) is 9.99. The van der Waals surface area contributed by atoms with Gasteiger partial charge >= 0.3 is 5.97 Å². The number of hydrogen-bond donors (Lipinski definition) is 1. The molecule has 3 nitrogen and oxygen atoms in total. The zero-order valence-electron chi connectivity index (χ0n) is 13.0. The van der Waals surface area contributed by atoms with Crippen molar-refractivity contribution in [2.45, 2.75) is 46.1 Å². The fourth-order valence-corrected chi connectivity index (χ4v) is 2.36. The lowest BCUT2D eigenvalue weighted by atomic mass is 10.1. The predicted molar refractivity (Wildman–Crippen MR) is 90.1 cm³/mol. The number of carboxylic acids is 1. The van der Waals surface area contributed by atoms with Crippen molar-refractivity contribution in [3.63, 3.8) is 0 Å². The lowest BCUT2D eigenvalue weighted by Crippen LogP contribution is -2.34. The average molecular weight is 310 g/mol. The van der Waals surface area contributed by atoms with Gasteiger partial charge in [0.05, 0.1) is 0 Å². The summed E-state index contributed by atoms with van der Waals surface area (Å²) < 4.78 is 0. The number of carbonyl (C=O) groups is 1. The minimum absolute atomic E-state index is 0.381. The summed E-state index contributed by atoms with van der Waals surface area (Å²) in [5.74, 6) is -0.945. The number of halogens is 1. The third-order valence-electron chi connectivity index (χ3n) is 3.58. The monoisotopic (exact) mass is 309 g/mol. The van der Waals surface area contributed by atoms with E-state index in [1.807, 2.05) is 12.1 Å². The minimum Gasteiger partial charge on any atom is -0.478 e. The van der Waals surface area contributed by atoms with Crippen LogP contribution in [-0.4, -0.2) is 23.7 Å². The van der Waals surface area contributed by atoms with Crippen LogP contribution in [0, 0.1) is 0 Å². The van der Waals surface area contributed by atoms with Crippen LogP contribution in [0.3, 0.4) is 0 Å². The van der Waals surface area contributed by atoms with E-state index in [9.17, 15) is 4.79 Å². The first-order valence-electron chi connectivity index (χ1n) is 7.46. The number of anilines is 1. The molecule has 0 saturated carbocycles. The standard InChI is InChI=1S/C17H24ClNO2/c1-4-6-11-19(13(3)5-2)16-12-15(18)9-7-14(16)8-10-17(20)21/h7-10,12-13H,4-6,11H2,1-3H3,(H,20,21)/b10-8+. The van der Waals surface area contributed by atoms with Crippen LogP contribution in [-0.2, 0) is 4.79 Å². The second kappa shape index (κ2) is 8.73. The molecule has 0 aliphatic heterocycles. The predicted octanol–water partition coefficient (Wildman–Crippen LogP) is 4.84. The van der Waals surface area contributed by atoms with Gasteiger partial charge in [-0.3, -0.25) is 0 Å². The molecular formula is C17H24ClNO2. The molecular weight excluding hydrogens is 286 g/mol. The Morgan fingerprint density at radius 2 is 2.14 bits per heavy atom. The Bertz CT molecular complexity index is 500. The molecule has 0 heterocycles. The zero-order valence-corrected chi connectivity index (χ0v) is 13.7. The SMILES string of the molecule is CCCCN(c1cc(Cl)ccc1/C=C/C(=O)O)C(C)CC. The Balaban J connectivity index is 3.20. The summed E-state index contributed by atoms with van der Waals surface area (Å²) in [4.78, 5) is 13.1. The highest BCUT2D eigenvalue weighted by molar-refractivity contribution is 6.31. The van der Waals surface area contributed by atoms with Gasteiger partial charge in [-0.05, 0) is 43.5 Å². The van der Waals surface area contributed by atoms with Crippen LogP contribution in [0.5, 0.6) is 0 Å². The lowest BCUT2D eigenvalue weighted by molar-refractivity contribution is -0.131. The summed E-state index contributed by atoms with van der Waals surface area (Å²) >= 11 is 6.14. The Labute approximate surface area is 132 Å². The van der Waals surface area contributed by atoms with Crippen molar-refractivity contribution in [3.05, 3.63) is 34.9 Å². The van der Waals surface area contributed by atoms with Crippen molar-refractivity contribution in [2.24, 2.45) is 0 Å². The molecule has 0 saturated heterocycles. The molecule has 1 atom stereocenters. The van der Waals surface area contributed by atoms with Crippen LogP contribution < -0.4 is 4.90 Å². The molecule has 0 radical (unpaired) electrons. The van der Waals surface area contributed by atoms with Gasteiger partial charge in [0, 0.05) is 29.4 Å². The normalized spacial score (nSPS) is 12.6. The number of rotatable bonds is 8. The summed E-state index contributed by atoms with van der Waals surface area (Å²) in [6.45, 7) is 7.44. The number of unbranched alkanes of at least 4 members (excludes halogenated alkanes) is 1. The second-order valence-corrected chi connectivity index (χ2v) is 5.62. The largest absolute Gasteiger partial charge is 0.478 e. The highest BCUT2D eigenvalue weighted by Crippen LogP contribution is 2.28. The highest BCUT2D eigenvalue weighted by atomic mass is 35.5. The molecule has 21 heavy (non-hydrogen) atoms. The van der Waals surface area contributed by atoms with E-state index >= 15 is 0 Å². The van der Waals surface area contributed by atoms with E-state index in [0.717, 1.165) is 37.1 Å². The molecule has 1 aromatic carbocycles. The van der Waals surface area contributed by atoms with E-state index in [4.69, 9.17) is 16.7 Å². The van der Waals surface area contributed by atoms with Crippen LogP contribution >= 0.6 is 11.6 Å². The van der Waals surface area contributed by atoms with Crippen molar-refractivity contribution in [1.82, 2.24) is 0 Å². The summed E-state index contributed by atoms with van der Waals surface area (Å²) in [5, 5.41) is 9.50. The van der Waals surface area contributed by atoms with Gasteiger partial charge in [0.2, 0.25) is 0 Å². The van der Waals surface area contributed by atoms with E-state index < -0.39 is 5.97 Å². The molecule has 0 spiro atoms. The van der Waals surface area contributed by atoms with Crippen LogP contribution in [0.1, 0.15) is 45.6 Å². The quantitative estimate of drug-likeness (QED) is 0.698. The molecule has 0 fully saturated rings. The van der Waals surface area contributed by atoms with Crippen LogP contribution in [0.2, 0.25) is 5.02 Å². The van der Waals surface area contributed by atoms with E-state index in [1.165, 1.54) is 6.08 Å². The third-order valence-corrected chi connectivity index (χ3v) is 3.82. The summed E-state index contributed by atoms with van der Waals surface area (Å²) in [6.07, 6.45) is 6.04. The summed E-state index contributed by atoms with van der Waals surface area (Å²) in [5.41, 5.74) is 1.89. The molecule has 1 aromatic rings. The smallest absolute Gasteiger partial charge is 0.328 e. The minimum atomic E-state index is -0.945. The Kier molecular flexibility index (Phi) is 7.30. The zero-order chi connectivity index (χ0) is 15.8. The maximum atomic E-state index is 10.8. The molecule has 0 bridgehead atoms. The molecule has 116 valence electrons. The molecule has 1 unspecified atom stereocenters. The first kappa shape index (κ1) is 17.6. The van der Waals surface area contributed by atoms with Gasteiger partial charge in [-0.2, -0.15) is 0 Å². The van der Waals surface area contributed by atoms with Crippen molar-refractivity contribution in [1.29, 1.82) is 0 Å². The topological polar surface area (TPSA) is 40.5 Å². The second-order valence-electron chi connectivity index (χ2n) is 5.18. The fraction of sp³-hybridized carbons (Fsp3) is 0.471. The van der Waals surface area contributed by atoms with E-state index in [0.29, 0.717) is 11.1 Å². The van der Waals surface area contributed by atoms with Crippen LogP contribution in [0.25, 0.3) is 6.08 Å². The van der Waals surface area contributed by atoms with Crippen molar-refractivity contribution >= 4 is 29.3 Å². The molecule has 1 rings (SSSR count). The number of benzene rings is 1. The highest BCUT2D eigenvalue weighted by Gasteiger charge is 2.15. The molecule has 0 aliphatic carbocycles. The average Bonchev–Trinajstić information content (AvgIpc) is 2.46. The van der Waals surface area contributed by atoms with Gasteiger partial charge < -0.3 is 10.0 Å². The van der Waals surface area contributed by atoms with Gasteiger partial charge in [0.15, 0.2) is 0 Å². The number of carboxylic acid groups (broad SMARTS) is 1. The van der Waals surface area contributed by atoms with E-state index in [-0.39, 0.29) is 0 Å². The molecule has 0 aromatic heterocycles. The molecule has 4 heteroatoms. The Hall–Kier alpha value is -1.48. The first-order valence-corrected chi connectivity index (χ1v) is 7.84. The van der Waals surface area contributed by atoms with Crippen molar-refractivity contribution < 1.29 is 9.90 Å². The number of nitrogens with zero attached hydrogens (tertiary/aromatic N) is 1. The van der Waals surface area contributed by atoms with Crippen molar-refractivity contribution in [2.75, 3.05) is 11.4 Å². The van der Waals surface area contributed by atoms with Gasteiger partial charge in [0.1, 0.15) is 0 Å². The van der Waals surface area contributed by atoms with Gasteiger partial charge in [-0.1, -0.05) is 37.9 Å². The van der Waals surface area contributed by atoms with Crippen LogP contribution in [0.4, 0.5) is 5.69 Å².